The van der Waals surface area contributed by atoms with Crippen molar-refractivity contribution in [2.75, 3.05) is 13.1 Å². The van der Waals surface area contributed by atoms with Gasteiger partial charge in [-0.15, -0.1) is 0 Å². The number of amides is 1. The Kier molecular flexibility index (Phi) is 5.78. The normalized spacial score (nSPS) is 12.2. The molecule has 0 aliphatic heterocycles. The van der Waals surface area contributed by atoms with Gasteiger partial charge in [0.2, 0.25) is 0 Å². The first kappa shape index (κ1) is 14.6. The fraction of sp³-hybridized carbons (Fsp3) is 0.500. The van der Waals surface area contributed by atoms with Gasteiger partial charge in [0.1, 0.15) is 5.82 Å². The Balaban J connectivity index is 2.41. The number of hydrogen-bond acceptors (Lipinski definition) is 2. The third-order valence-corrected chi connectivity index (χ3v) is 2.87. The van der Waals surface area contributed by atoms with E-state index < -0.39 is 0 Å². The van der Waals surface area contributed by atoms with Crippen LogP contribution in [0, 0.1) is 18.7 Å². The Bertz CT molecular complexity index is 387. The maximum absolute atomic E-state index is 13.1. The number of benzene rings is 1. The number of aryl methyl sites for hydroxylation is 1. The van der Waals surface area contributed by atoms with Gasteiger partial charge < -0.3 is 11.1 Å². The zero-order valence-electron chi connectivity index (χ0n) is 11.0. The summed E-state index contributed by atoms with van der Waals surface area (Å²) >= 11 is 0. The quantitative estimate of drug-likeness (QED) is 0.763. The van der Waals surface area contributed by atoms with Gasteiger partial charge in [-0.05, 0) is 56.0 Å². The third kappa shape index (κ3) is 4.84. The van der Waals surface area contributed by atoms with Crippen molar-refractivity contribution in [1.82, 2.24) is 5.32 Å². The van der Waals surface area contributed by atoms with Gasteiger partial charge in [-0.1, -0.05) is 6.92 Å². The third-order valence-electron chi connectivity index (χ3n) is 2.87. The van der Waals surface area contributed by atoms with E-state index in [-0.39, 0.29) is 11.7 Å². The fourth-order valence-corrected chi connectivity index (χ4v) is 1.74. The van der Waals surface area contributed by atoms with Crippen LogP contribution in [0.1, 0.15) is 35.7 Å². The lowest BCUT2D eigenvalue weighted by Gasteiger charge is -2.09. The minimum Gasteiger partial charge on any atom is -0.352 e. The highest BCUT2D eigenvalue weighted by Crippen LogP contribution is 2.08. The van der Waals surface area contributed by atoms with E-state index in [1.54, 1.807) is 13.0 Å². The molecule has 0 aromatic heterocycles. The van der Waals surface area contributed by atoms with Crippen molar-refractivity contribution in [1.29, 1.82) is 0 Å². The number of rotatable bonds is 6. The Hall–Kier alpha value is -1.42. The summed E-state index contributed by atoms with van der Waals surface area (Å²) in [6.07, 6.45) is 1.87. The molecule has 3 N–H and O–H groups in total. The fourth-order valence-electron chi connectivity index (χ4n) is 1.74. The molecule has 0 spiro atoms. The minimum atomic E-state index is -0.378. The maximum Gasteiger partial charge on any atom is 0.251 e. The molecule has 4 heteroatoms. The van der Waals surface area contributed by atoms with Gasteiger partial charge in [0.15, 0.2) is 0 Å². The number of nitrogens with two attached hydrogens (primary N) is 1. The van der Waals surface area contributed by atoms with E-state index in [2.05, 4.69) is 12.2 Å². The SMILES string of the molecule is Cc1cc(F)cc(C(=O)NCCCC(C)CN)c1. The second-order valence-corrected chi connectivity index (χ2v) is 4.76. The van der Waals surface area contributed by atoms with Crippen molar-refractivity contribution >= 4 is 5.91 Å². The molecule has 1 amide bonds. The Morgan fingerprint density at radius 3 is 2.78 bits per heavy atom. The second kappa shape index (κ2) is 7.11. The first-order valence-electron chi connectivity index (χ1n) is 6.28. The first-order valence-corrected chi connectivity index (χ1v) is 6.28. The number of halogens is 1. The van der Waals surface area contributed by atoms with Crippen LogP contribution in [0.5, 0.6) is 0 Å². The Morgan fingerprint density at radius 1 is 1.44 bits per heavy atom. The zero-order valence-corrected chi connectivity index (χ0v) is 11.0. The number of carbonyl (C=O) groups excluding carboxylic acids is 1. The topological polar surface area (TPSA) is 55.1 Å². The molecule has 3 nitrogen and oxygen atoms in total. The smallest absolute Gasteiger partial charge is 0.251 e. The van der Waals surface area contributed by atoms with Crippen molar-refractivity contribution in [3.63, 3.8) is 0 Å². The van der Waals surface area contributed by atoms with E-state index in [1.807, 2.05) is 0 Å². The Labute approximate surface area is 108 Å². The first-order chi connectivity index (χ1) is 8.52. The summed E-state index contributed by atoms with van der Waals surface area (Å²) in [6.45, 7) is 5.11. The van der Waals surface area contributed by atoms with Crippen LogP contribution in [-0.2, 0) is 0 Å². The molecule has 0 fully saturated rings. The summed E-state index contributed by atoms with van der Waals surface area (Å²) < 4.78 is 13.1. The average molecular weight is 252 g/mol. The molecule has 0 radical (unpaired) electrons. The molecule has 1 unspecified atom stereocenters. The molecule has 1 atom stereocenters. The highest BCUT2D eigenvalue weighted by Gasteiger charge is 2.07. The lowest BCUT2D eigenvalue weighted by molar-refractivity contribution is 0.0952. The van der Waals surface area contributed by atoms with Gasteiger partial charge >= 0.3 is 0 Å². The highest BCUT2D eigenvalue weighted by atomic mass is 19.1. The predicted octanol–water partition coefficient (Wildman–Crippen LogP) is 2.24. The molecule has 0 aliphatic rings. The summed E-state index contributed by atoms with van der Waals surface area (Å²) in [4.78, 5) is 11.8. The molecule has 18 heavy (non-hydrogen) atoms. The van der Waals surface area contributed by atoms with E-state index >= 15 is 0 Å². The van der Waals surface area contributed by atoms with Gasteiger partial charge in [0, 0.05) is 12.1 Å². The summed E-state index contributed by atoms with van der Waals surface area (Å²) in [5.41, 5.74) is 6.63. The van der Waals surface area contributed by atoms with Crippen LogP contribution in [0.25, 0.3) is 0 Å². The minimum absolute atomic E-state index is 0.224. The molecular formula is C14H21FN2O. The van der Waals surface area contributed by atoms with Crippen LogP contribution < -0.4 is 11.1 Å². The predicted molar refractivity (Wildman–Crippen MR) is 70.9 cm³/mol. The average Bonchev–Trinajstić information content (AvgIpc) is 2.32. The maximum atomic E-state index is 13.1. The number of carbonyl (C=O) groups is 1. The van der Waals surface area contributed by atoms with Gasteiger partial charge in [-0.25, -0.2) is 4.39 Å². The number of nitrogens with one attached hydrogen (secondary N) is 1. The lowest BCUT2D eigenvalue weighted by atomic mass is 10.1. The van der Waals surface area contributed by atoms with Gasteiger partial charge in [-0.3, -0.25) is 4.79 Å². The van der Waals surface area contributed by atoms with Gasteiger partial charge in [0.25, 0.3) is 5.91 Å². The molecule has 1 aromatic rings. The molecule has 0 bridgehead atoms. The molecular weight excluding hydrogens is 231 g/mol. The van der Waals surface area contributed by atoms with Gasteiger partial charge in [-0.2, -0.15) is 0 Å². The van der Waals surface area contributed by atoms with Crippen LogP contribution in [0.4, 0.5) is 4.39 Å². The molecule has 0 saturated heterocycles. The van der Waals surface area contributed by atoms with Crippen molar-refractivity contribution in [2.45, 2.75) is 26.7 Å². The molecule has 100 valence electrons. The van der Waals surface area contributed by atoms with Crippen LogP contribution in [0.3, 0.4) is 0 Å². The van der Waals surface area contributed by atoms with E-state index in [1.165, 1.54) is 12.1 Å². The Morgan fingerprint density at radius 2 is 2.17 bits per heavy atom. The van der Waals surface area contributed by atoms with E-state index in [0.717, 1.165) is 18.4 Å². The van der Waals surface area contributed by atoms with Crippen LogP contribution in [0.15, 0.2) is 18.2 Å². The molecule has 0 aliphatic carbocycles. The van der Waals surface area contributed by atoms with Crippen molar-refractivity contribution in [2.24, 2.45) is 11.7 Å². The summed E-state index contributed by atoms with van der Waals surface area (Å²) in [5.74, 6) is -0.131. The largest absolute Gasteiger partial charge is 0.352 e. The van der Waals surface area contributed by atoms with Crippen molar-refractivity contribution in [3.05, 3.63) is 35.1 Å². The second-order valence-electron chi connectivity index (χ2n) is 4.76. The van der Waals surface area contributed by atoms with Crippen molar-refractivity contribution < 1.29 is 9.18 Å². The van der Waals surface area contributed by atoms with Gasteiger partial charge in [0.05, 0.1) is 0 Å². The summed E-state index contributed by atoms with van der Waals surface area (Å²) in [7, 11) is 0. The molecule has 1 aromatic carbocycles. The summed E-state index contributed by atoms with van der Waals surface area (Å²) in [6, 6.07) is 4.34. The van der Waals surface area contributed by atoms with Crippen LogP contribution >= 0.6 is 0 Å². The van der Waals surface area contributed by atoms with E-state index in [4.69, 9.17) is 5.73 Å². The van der Waals surface area contributed by atoms with Crippen LogP contribution in [0.2, 0.25) is 0 Å². The number of hydrogen-bond donors (Lipinski definition) is 2. The highest BCUT2D eigenvalue weighted by molar-refractivity contribution is 5.94. The molecule has 0 heterocycles. The lowest BCUT2D eigenvalue weighted by Crippen LogP contribution is -2.25. The standard InChI is InChI=1S/C14H21FN2O/c1-10(9-16)4-3-5-17-14(18)12-6-11(2)7-13(15)8-12/h6-8,10H,3-5,9,16H2,1-2H3,(H,17,18). The van der Waals surface area contributed by atoms with E-state index in [9.17, 15) is 9.18 Å². The summed E-state index contributed by atoms with van der Waals surface area (Å²) in [5, 5.41) is 2.79. The zero-order chi connectivity index (χ0) is 13.5. The van der Waals surface area contributed by atoms with E-state index in [0.29, 0.717) is 24.6 Å². The van der Waals surface area contributed by atoms with Crippen molar-refractivity contribution in [3.8, 4) is 0 Å². The molecule has 0 saturated carbocycles. The monoisotopic (exact) mass is 252 g/mol. The molecule has 1 rings (SSSR count). The van der Waals surface area contributed by atoms with Crippen LogP contribution in [-0.4, -0.2) is 19.0 Å².